The summed E-state index contributed by atoms with van der Waals surface area (Å²) in [5, 5.41) is 9.19. The van der Waals surface area contributed by atoms with Crippen molar-refractivity contribution in [3.8, 4) is 0 Å². The molecule has 0 aliphatic rings. The molecule has 0 bridgehead atoms. The van der Waals surface area contributed by atoms with E-state index in [4.69, 9.17) is 13.0 Å². The molecule has 7 rings (SSSR count). The van der Waals surface area contributed by atoms with E-state index in [1.807, 2.05) is 0 Å². The van der Waals surface area contributed by atoms with Crippen molar-refractivity contribution in [1.82, 2.24) is 4.16 Å². The first-order chi connectivity index (χ1) is 17.7. The average molecular weight is 536 g/mol. The van der Waals surface area contributed by atoms with Crippen LogP contribution in [0.1, 0.15) is 0 Å². The van der Waals surface area contributed by atoms with Crippen LogP contribution in [-0.4, -0.2) is 22.6 Å². The molecule has 184 valence electrons. The first-order valence-corrected chi connectivity index (χ1v) is 13.4. The highest BCUT2D eigenvalue weighted by Gasteiger charge is 2.37. The Labute approximate surface area is 209 Å². The maximum absolute atomic E-state index is 10.7. The fraction of sp³-hybridized carbons (Fsp3) is 0.0370. The third-order valence-electron chi connectivity index (χ3n) is 6.30. The molecule has 0 saturated heterocycles. The predicted molar refractivity (Wildman–Crippen MR) is 139 cm³/mol. The predicted octanol–water partition coefficient (Wildman–Crippen LogP) is 6.92. The van der Waals surface area contributed by atoms with Crippen molar-refractivity contribution in [1.29, 1.82) is 0 Å². The van der Waals surface area contributed by atoms with E-state index in [9.17, 15) is 13.2 Å². The molecule has 37 heavy (non-hydrogen) atoms. The summed E-state index contributed by atoms with van der Waals surface area (Å²) in [7, 11) is -4.89. The monoisotopic (exact) mass is 536 g/mol. The van der Waals surface area contributed by atoms with Gasteiger partial charge in [-0.15, -0.1) is 0 Å². The highest BCUT2D eigenvalue weighted by atomic mass is 32.2. The Balaban J connectivity index is 0.000000277. The lowest BCUT2D eigenvalue weighted by Crippen LogP contribution is -2.22. The van der Waals surface area contributed by atoms with Crippen LogP contribution < -0.4 is 4.40 Å². The molecule has 3 aromatic heterocycles. The Kier molecular flexibility index (Phi) is 5.35. The number of hydrogen-bond acceptors (Lipinski definition) is 3. The first-order valence-electron chi connectivity index (χ1n) is 11.1. The van der Waals surface area contributed by atoms with Crippen molar-refractivity contribution in [3.05, 3.63) is 97.1 Å². The molecule has 0 amide bonds. The van der Waals surface area contributed by atoms with Crippen molar-refractivity contribution in [2.45, 2.75) is 5.51 Å². The molecule has 0 saturated carbocycles. The maximum Gasteiger partial charge on any atom is 0.485 e. The lowest BCUT2D eigenvalue weighted by molar-refractivity contribution is -0.447. The van der Waals surface area contributed by atoms with Gasteiger partial charge in [-0.3, -0.25) is 0 Å². The summed E-state index contributed by atoms with van der Waals surface area (Å²) in [5.41, 5.74) is -1.84. The summed E-state index contributed by atoms with van der Waals surface area (Å²) in [5.74, 6) is 0. The number of hydrogen-bond donors (Lipinski definition) is 0. The molecule has 0 unspecified atom stereocenters. The Morgan fingerprint density at radius 2 is 1.14 bits per heavy atom. The average Bonchev–Trinajstić information content (AvgIpc) is 3.30. The van der Waals surface area contributed by atoms with E-state index >= 15 is 0 Å². The van der Waals surface area contributed by atoms with Crippen LogP contribution in [0.25, 0.3) is 54.2 Å². The zero-order valence-corrected chi connectivity index (χ0v) is 20.6. The Bertz CT molecular complexity index is 1990. The molecule has 5 nitrogen and oxygen atoms in total. The molecule has 0 radical (unpaired) electrons. The molecule has 0 aliphatic carbocycles. The number of halogens is 3. The van der Waals surface area contributed by atoms with Crippen LogP contribution in [0, 0.1) is 0 Å². The van der Waals surface area contributed by atoms with Gasteiger partial charge in [-0.25, -0.2) is 8.42 Å². The molecular weight excluding hydrogens is 520 g/mol. The zero-order chi connectivity index (χ0) is 25.9. The number of para-hydroxylation sites is 2. The SMILES string of the molecule is O=S(=O)([O-])C(F)(F)F.c1ccc2c(c1)c1ccccc1[n+]1c2pn2c3ccccc3c3ccccc3c21. The lowest BCUT2D eigenvalue weighted by atomic mass is 10.1. The van der Waals surface area contributed by atoms with E-state index in [1.54, 1.807) is 0 Å². The fourth-order valence-electron chi connectivity index (χ4n) is 4.80. The summed E-state index contributed by atoms with van der Waals surface area (Å²) < 4.78 is 63.8. The van der Waals surface area contributed by atoms with Gasteiger partial charge in [0.1, 0.15) is 11.0 Å². The smallest absolute Gasteiger partial charge is 0.485 e. The normalized spacial score (nSPS) is 12.8. The molecule has 4 aromatic carbocycles. The molecule has 0 aliphatic heterocycles. The van der Waals surface area contributed by atoms with Gasteiger partial charge in [-0.1, -0.05) is 72.8 Å². The Morgan fingerprint density at radius 3 is 1.76 bits per heavy atom. The van der Waals surface area contributed by atoms with E-state index in [0.29, 0.717) is 0 Å². The zero-order valence-electron chi connectivity index (χ0n) is 18.8. The van der Waals surface area contributed by atoms with Gasteiger partial charge in [0.05, 0.1) is 5.39 Å². The summed E-state index contributed by atoms with van der Waals surface area (Å²) in [6.07, 6.45) is 0. The third kappa shape index (κ3) is 3.70. The van der Waals surface area contributed by atoms with Gasteiger partial charge in [0.25, 0.3) is 0 Å². The first kappa shape index (κ1) is 23.6. The topological polar surface area (TPSA) is 65.7 Å². The minimum absolute atomic E-state index is 1.20. The van der Waals surface area contributed by atoms with E-state index in [-0.39, 0.29) is 0 Å². The summed E-state index contributed by atoms with van der Waals surface area (Å²) in [6.45, 7) is 0. The molecule has 7 aromatic rings. The Hall–Kier alpha value is -3.78. The second-order valence-electron chi connectivity index (χ2n) is 8.42. The number of fused-ring (bicyclic) bond motifs is 13. The summed E-state index contributed by atoms with van der Waals surface area (Å²) in [6, 6.07) is 35.1. The quantitative estimate of drug-likeness (QED) is 0.0915. The van der Waals surface area contributed by atoms with Crippen LogP contribution >= 0.6 is 8.35 Å². The van der Waals surface area contributed by atoms with Crippen LogP contribution in [0.15, 0.2) is 97.1 Å². The molecule has 10 heteroatoms. The van der Waals surface area contributed by atoms with Crippen molar-refractivity contribution in [2.75, 3.05) is 0 Å². The van der Waals surface area contributed by atoms with E-state index in [1.165, 1.54) is 62.6 Å². The molecule has 0 atom stereocenters. The van der Waals surface area contributed by atoms with Crippen molar-refractivity contribution in [3.63, 3.8) is 0 Å². The molecular formula is C27H16F3N2O3PS. The number of benzene rings is 4. The van der Waals surface area contributed by atoms with Crippen LogP contribution in [0.5, 0.6) is 0 Å². The molecule has 0 N–H and O–H groups in total. The van der Waals surface area contributed by atoms with Crippen molar-refractivity contribution < 1.29 is 30.5 Å². The highest BCUT2D eigenvalue weighted by molar-refractivity contribution is 7.86. The standard InChI is InChI=1S/C26H16N2P.CHF3O3S/c1-3-13-21-17(9-1)20-12-6-8-16-24(20)28-25(21)27-23-15-7-5-11-19(23)18-10-2-4-14-22(18)26(27)29-28;2-1(3,4)8(5,6)7/h1-16H;(H,5,6,7)/q+1;/p-1. The van der Waals surface area contributed by atoms with Gasteiger partial charge in [0.2, 0.25) is 5.25 Å². The van der Waals surface area contributed by atoms with Crippen LogP contribution in [0.3, 0.4) is 0 Å². The lowest BCUT2D eigenvalue weighted by Gasteiger charge is -2.08. The van der Waals surface area contributed by atoms with Gasteiger partial charge in [-0.05, 0) is 29.7 Å². The Morgan fingerprint density at radius 1 is 0.676 bits per heavy atom. The van der Waals surface area contributed by atoms with Crippen LogP contribution in [-0.2, 0) is 10.1 Å². The van der Waals surface area contributed by atoms with Gasteiger partial charge >= 0.3 is 11.2 Å². The number of pyridine rings is 2. The van der Waals surface area contributed by atoms with E-state index < -0.39 is 15.6 Å². The number of nitrogens with zero attached hydrogens (tertiary/aromatic N) is 2. The van der Waals surface area contributed by atoms with Gasteiger partial charge in [-0.2, -0.15) is 21.7 Å². The molecule has 3 heterocycles. The van der Waals surface area contributed by atoms with Crippen molar-refractivity contribution in [2.24, 2.45) is 0 Å². The van der Waals surface area contributed by atoms with Crippen LogP contribution in [0.4, 0.5) is 13.2 Å². The second-order valence-corrected chi connectivity index (χ2v) is 10.8. The minimum Gasteiger partial charge on any atom is -0.741 e. The van der Waals surface area contributed by atoms with Gasteiger partial charge in [0.15, 0.2) is 18.5 Å². The van der Waals surface area contributed by atoms with Gasteiger partial charge in [0, 0.05) is 21.5 Å². The van der Waals surface area contributed by atoms with E-state index in [0.717, 1.165) is 0 Å². The van der Waals surface area contributed by atoms with Crippen LogP contribution in [0.2, 0.25) is 0 Å². The maximum atomic E-state index is 10.7. The molecule has 0 fully saturated rings. The van der Waals surface area contributed by atoms with Crippen molar-refractivity contribution >= 4 is 72.7 Å². The number of rotatable bonds is 0. The second kappa shape index (κ2) is 8.38. The largest absolute Gasteiger partial charge is 0.741 e. The fourth-order valence-corrected chi connectivity index (χ4v) is 6.15. The third-order valence-corrected chi connectivity index (χ3v) is 8.10. The summed E-state index contributed by atoms with van der Waals surface area (Å²) in [4.78, 5) is 0. The van der Waals surface area contributed by atoms with E-state index in [2.05, 4.69) is 106 Å². The highest BCUT2D eigenvalue weighted by Crippen LogP contribution is 2.36. The number of alkyl halides is 3. The number of aromatic nitrogens is 2. The van der Waals surface area contributed by atoms with Gasteiger partial charge < -0.3 is 4.55 Å². The minimum atomic E-state index is -6.09. The summed E-state index contributed by atoms with van der Waals surface area (Å²) >= 11 is 0. The molecule has 0 spiro atoms.